The number of halogens is 2. The molecule has 8 nitrogen and oxygen atoms in total. The maximum atomic E-state index is 13.2. The number of benzene rings is 1. The summed E-state index contributed by atoms with van der Waals surface area (Å²) >= 11 is 5.89. The number of sulfonamides is 1. The van der Waals surface area contributed by atoms with Gasteiger partial charge in [0.25, 0.3) is 15.7 Å². The SMILES string of the molecule is Cl.O=[N+]([O-])c1ccc(Cl)cc1S(=O)(=O)N1CCNCC1c1cccnc1. The van der Waals surface area contributed by atoms with Gasteiger partial charge in [0.1, 0.15) is 0 Å². The number of nitrogens with zero attached hydrogens (tertiary/aromatic N) is 3. The summed E-state index contributed by atoms with van der Waals surface area (Å²) in [6, 6.07) is 6.52. The molecule has 1 aliphatic rings. The third-order valence-electron chi connectivity index (χ3n) is 3.97. The zero-order valence-corrected chi connectivity index (χ0v) is 15.8. The van der Waals surface area contributed by atoms with Crippen LogP contribution in [0, 0.1) is 10.1 Å². The fourth-order valence-electron chi connectivity index (χ4n) is 2.80. The van der Waals surface area contributed by atoms with E-state index >= 15 is 0 Å². The van der Waals surface area contributed by atoms with Crippen LogP contribution in [0.25, 0.3) is 0 Å². The second kappa shape index (κ2) is 8.28. The van der Waals surface area contributed by atoms with Gasteiger partial charge in [0.2, 0.25) is 0 Å². The Balaban J connectivity index is 0.00000243. The first kappa shape index (κ1) is 20.5. The number of hydrogen-bond acceptors (Lipinski definition) is 6. The third kappa shape index (κ3) is 3.97. The van der Waals surface area contributed by atoms with E-state index in [1.165, 1.54) is 10.4 Å². The van der Waals surface area contributed by atoms with Crippen LogP contribution in [0.1, 0.15) is 11.6 Å². The summed E-state index contributed by atoms with van der Waals surface area (Å²) in [5.74, 6) is 0. The first-order valence-corrected chi connectivity index (χ1v) is 9.29. The summed E-state index contributed by atoms with van der Waals surface area (Å²) in [7, 11) is -4.12. The summed E-state index contributed by atoms with van der Waals surface area (Å²) in [5, 5.41) is 14.5. The van der Waals surface area contributed by atoms with Crippen molar-refractivity contribution in [2.45, 2.75) is 10.9 Å². The van der Waals surface area contributed by atoms with Gasteiger partial charge in [-0.05, 0) is 23.8 Å². The molecular formula is C15H16Cl2N4O4S. The lowest BCUT2D eigenvalue weighted by Crippen LogP contribution is -2.48. The van der Waals surface area contributed by atoms with Crippen LogP contribution < -0.4 is 5.32 Å². The number of nitro benzene ring substituents is 1. The van der Waals surface area contributed by atoms with Gasteiger partial charge in [-0.2, -0.15) is 4.31 Å². The van der Waals surface area contributed by atoms with Crippen LogP contribution in [-0.4, -0.2) is 42.3 Å². The molecule has 1 N–H and O–H groups in total. The van der Waals surface area contributed by atoms with Crippen LogP contribution in [-0.2, 0) is 10.0 Å². The van der Waals surface area contributed by atoms with E-state index < -0.39 is 31.6 Å². The van der Waals surface area contributed by atoms with Gasteiger partial charge in [0.15, 0.2) is 4.90 Å². The van der Waals surface area contributed by atoms with Gasteiger partial charge in [-0.15, -0.1) is 12.4 Å². The highest BCUT2D eigenvalue weighted by Crippen LogP contribution is 2.34. The topological polar surface area (TPSA) is 105 Å². The van der Waals surface area contributed by atoms with Crippen molar-refractivity contribution in [3.8, 4) is 0 Å². The number of rotatable bonds is 4. The Kier molecular flexibility index (Phi) is 6.53. The average molecular weight is 419 g/mol. The molecule has 2 aromatic rings. The summed E-state index contributed by atoms with van der Waals surface area (Å²) in [5.41, 5.74) is 0.218. The van der Waals surface area contributed by atoms with Gasteiger partial charge in [-0.3, -0.25) is 15.1 Å². The van der Waals surface area contributed by atoms with Crippen LogP contribution in [0.4, 0.5) is 5.69 Å². The summed E-state index contributed by atoms with van der Waals surface area (Å²) in [6.07, 6.45) is 3.19. The fourth-order valence-corrected chi connectivity index (χ4v) is 4.84. The molecule has 140 valence electrons. The highest BCUT2D eigenvalue weighted by molar-refractivity contribution is 7.89. The van der Waals surface area contributed by atoms with Crippen molar-refractivity contribution in [3.63, 3.8) is 0 Å². The maximum absolute atomic E-state index is 13.2. The van der Waals surface area contributed by atoms with Crippen LogP contribution in [0.15, 0.2) is 47.6 Å². The van der Waals surface area contributed by atoms with Crippen molar-refractivity contribution in [2.75, 3.05) is 19.6 Å². The second-order valence-electron chi connectivity index (χ2n) is 5.49. The number of pyridine rings is 1. The summed E-state index contributed by atoms with van der Waals surface area (Å²) in [6.45, 7) is 1.02. The number of nitro groups is 1. The van der Waals surface area contributed by atoms with Crippen molar-refractivity contribution in [1.82, 2.24) is 14.6 Å². The highest BCUT2D eigenvalue weighted by atomic mass is 35.5. The Labute approximate surface area is 161 Å². The minimum Gasteiger partial charge on any atom is -0.313 e. The first-order valence-electron chi connectivity index (χ1n) is 7.47. The average Bonchev–Trinajstić information content (AvgIpc) is 2.62. The Hall–Kier alpha value is -1.78. The van der Waals surface area contributed by atoms with E-state index in [1.807, 2.05) is 0 Å². The molecule has 1 aromatic carbocycles. The lowest BCUT2D eigenvalue weighted by atomic mass is 10.1. The van der Waals surface area contributed by atoms with E-state index in [1.54, 1.807) is 24.5 Å². The van der Waals surface area contributed by atoms with Gasteiger partial charge < -0.3 is 5.32 Å². The zero-order valence-electron chi connectivity index (χ0n) is 13.4. The molecular weight excluding hydrogens is 403 g/mol. The van der Waals surface area contributed by atoms with E-state index in [2.05, 4.69) is 10.3 Å². The molecule has 0 amide bonds. The highest BCUT2D eigenvalue weighted by Gasteiger charge is 2.38. The van der Waals surface area contributed by atoms with Crippen molar-refractivity contribution >= 4 is 39.7 Å². The molecule has 11 heteroatoms. The molecule has 1 atom stereocenters. The van der Waals surface area contributed by atoms with Crippen molar-refractivity contribution in [3.05, 3.63) is 63.4 Å². The summed E-state index contributed by atoms with van der Waals surface area (Å²) < 4.78 is 27.6. The monoisotopic (exact) mass is 418 g/mol. The lowest BCUT2D eigenvalue weighted by Gasteiger charge is -2.35. The van der Waals surface area contributed by atoms with Crippen molar-refractivity contribution in [1.29, 1.82) is 0 Å². The molecule has 26 heavy (non-hydrogen) atoms. The number of nitrogens with one attached hydrogen (secondary N) is 1. The predicted molar refractivity (Wildman–Crippen MR) is 99.1 cm³/mol. The van der Waals surface area contributed by atoms with Gasteiger partial charge in [0, 0.05) is 43.1 Å². The van der Waals surface area contributed by atoms with Gasteiger partial charge in [-0.25, -0.2) is 8.42 Å². The van der Waals surface area contributed by atoms with Gasteiger partial charge in [0.05, 0.1) is 11.0 Å². The van der Waals surface area contributed by atoms with Crippen molar-refractivity contribution in [2.24, 2.45) is 0 Å². The van der Waals surface area contributed by atoms with E-state index in [0.717, 1.165) is 12.1 Å². The van der Waals surface area contributed by atoms with Gasteiger partial charge in [-0.1, -0.05) is 17.7 Å². The molecule has 0 saturated carbocycles. The molecule has 1 aliphatic heterocycles. The third-order valence-corrected chi connectivity index (χ3v) is 6.14. The molecule has 0 aliphatic carbocycles. The molecule has 1 saturated heterocycles. The van der Waals surface area contributed by atoms with E-state index in [-0.39, 0.29) is 24.0 Å². The van der Waals surface area contributed by atoms with E-state index in [4.69, 9.17) is 11.6 Å². The minimum absolute atomic E-state index is 0. The predicted octanol–water partition coefficient (Wildman–Crippen LogP) is 2.40. The Morgan fingerprint density at radius 1 is 1.35 bits per heavy atom. The molecule has 1 aromatic heterocycles. The quantitative estimate of drug-likeness (QED) is 0.603. The van der Waals surface area contributed by atoms with Crippen LogP contribution in [0.5, 0.6) is 0 Å². The van der Waals surface area contributed by atoms with Crippen LogP contribution in [0.2, 0.25) is 5.02 Å². The maximum Gasteiger partial charge on any atom is 0.289 e. The molecule has 0 radical (unpaired) electrons. The minimum atomic E-state index is -4.12. The molecule has 0 spiro atoms. The number of aromatic nitrogens is 1. The molecule has 2 heterocycles. The van der Waals surface area contributed by atoms with Crippen LogP contribution >= 0.6 is 24.0 Å². The molecule has 1 fully saturated rings. The second-order valence-corrected chi connectivity index (χ2v) is 7.79. The fraction of sp³-hybridized carbons (Fsp3) is 0.267. The largest absolute Gasteiger partial charge is 0.313 e. The Morgan fingerprint density at radius 2 is 2.12 bits per heavy atom. The molecule has 0 bridgehead atoms. The van der Waals surface area contributed by atoms with E-state index in [9.17, 15) is 18.5 Å². The normalized spacial score (nSPS) is 18.1. The smallest absolute Gasteiger partial charge is 0.289 e. The summed E-state index contributed by atoms with van der Waals surface area (Å²) in [4.78, 5) is 14.2. The lowest BCUT2D eigenvalue weighted by molar-refractivity contribution is -0.387. The molecule has 1 unspecified atom stereocenters. The number of piperazine rings is 1. The zero-order chi connectivity index (χ0) is 18.0. The Bertz CT molecular complexity index is 896. The van der Waals surface area contributed by atoms with Crippen molar-refractivity contribution < 1.29 is 13.3 Å². The van der Waals surface area contributed by atoms with Crippen LogP contribution in [0.3, 0.4) is 0 Å². The first-order chi connectivity index (χ1) is 11.9. The molecule has 3 rings (SSSR count). The number of hydrogen-bond donors (Lipinski definition) is 1. The van der Waals surface area contributed by atoms with E-state index in [0.29, 0.717) is 18.7 Å². The Morgan fingerprint density at radius 3 is 2.77 bits per heavy atom. The van der Waals surface area contributed by atoms with Gasteiger partial charge >= 0.3 is 0 Å². The standard InChI is InChI=1S/C15H15ClN4O4S.ClH/c16-12-3-4-13(20(21)22)15(8-12)25(23,24)19-7-6-18-10-14(19)11-2-1-5-17-9-11;/h1-5,8-9,14,18H,6-7,10H2;1H.